The molecule has 0 aliphatic carbocycles. The Balaban J connectivity index is 5.57. The number of nitrogens with two attached hydrogens (primary N) is 2. The van der Waals surface area contributed by atoms with Gasteiger partial charge in [-0.25, -0.2) is 4.79 Å². The fraction of sp³-hybridized carbons (Fsp3) is 0.750. The molecule has 0 aromatic heterocycles. The zero-order chi connectivity index (χ0) is 25.0. The van der Waals surface area contributed by atoms with E-state index in [2.05, 4.69) is 28.6 Å². The summed E-state index contributed by atoms with van der Waals surface area (Å²) in [5.41, 5.74) is 10.7. The highest BCUT2D eigenvalue weighted by atomic mass is 32.1. The second-order valence-electron chi connectivity index (χ2n) is 7.94. The largest absolute Gasteiger partial charge is 0.480 e. The minimum absolute atomic E-state index is 0.0977. The molecule has 0 saturated carbocycles. The molecule has 0 radical (unpaired) electrons. The second-order valence-corrected chi connectivity index (χ2v) is 8.30. The lowest BCUT2D eigenvalue weighted by Crippen LogP contribution is -2.60. The van der Waals surface area contributed by atoms with E-state index in [9.17, 15) is 29.1 Å². The van der Waals surface area contributed by atoms with Gasteiger partial charge in [0.2, 0.25) is 23.6 Å². The van der Waals surface area contributed by atoms with Crippen LogP contribution in [0.4, 0.5) is 0 Å². The summed E-state index contributed by atoms with van der Waals surface area (Å²) >= 11 is 3.99. The Kier molecular flexibility index (Phi) is 13.6. The van der Waals surface area contributed by atoms with Crippen molar-refractivity contribution >= 4 is 42.2 Å². The Morgan fingerprint density at radius 3 is 1.69 bits per heavy atom. The van der Waals surface area contributed by atoms with E-state index in [0.29, 0.717) is 12.8 Å². The number of carboxylic acids is 1. The van der Waals surface area contributed by atoms with Crippen LogP contribution in [0.2, 0.25) is 0 Å². The Labute approximate surface area is 194 Å². The van der Waals surface area contributed by atoms with Crippen LogP contribution in [0.5, 0.6) is 0 Å². The van der Waals surface area contributed by atoms with Gasteiger partial charge in [0.15, 0.2) is 0 Å². The fourth-order valence-electron chi connectivity index (χ4n) is 2.80. The van der Waals surface area contributed by atoms with E-state index >= 15 is 0 Å². The van der Waals surface area contributed by atoms with E-state index in [1.165, 1.54) is 0 Å². The Morgan fingerprint density at radius 1 is 0.875 bits per heavy atom. The molecule has 0 aromatic rings. The second kappa shape index (κ2) is 14.7. The van der Waals surface area contributed by atoms with Crippen LogP contribution in [0.1, 0.15) is 53.4 Å². The van der Waals surface area contributed by atoms with Gasteiger partial charge < -0.3 is 32.5 Å². The summed E-state index contributed by atoms with van der Waals surface area (Å²) in [6.07, 6.45) is 0.695. The smallest absolute Gasteiger partial charge is 0.326 e. The summed E-state index contributed by atoms with van der Waals surface area (Å²) < 4.78 is 0. The number of carbonyl (C=O) groups excluding carboxylic acids is 4. The molecule has 0 aromatic carbocycles. The molecule has 0 fully saturated rings. The van der Waals surface area contributed by atoms with E-state index in [1.54, 1.807) is 13.8 Å². The number of aliphatic carboxylic acids is 1. The molecule has 0 bridgehead atoms. The first kappa shape index (κ1) is 29.7. The number of hydrogen-bond acceptors (Lipinski definition) is 7. The Hall–Kier alpha value is -2.34. The number of nitrogens with one attached hydrogen (secondary N) is 3. The molecule has 6 atom stereocenters. The molecule has 0 aliphatic rings. The number of primary amides is 1. The van der Waals surface area contributed by atoms with Gasteiger partial charge in [-0.3, -0.25) is 19.2 Å². The van der Waals surface area contributed by atoms with Crippen LogP contribution in [0.15, 0.2) is 0 Å². The molecule has 0 spiro atoms. The summed E-state index contributed by atoms with van der Waals surface area (Å²) in [5.74, 6) is -4.33. The van der Waals surface area contributed by atoms with Gasteiger partial charge in [0, 0.05) is 12.2 Å². The van der Waals surface area contributed by atoms with Gasteiger partial charge in [-0.1, -0.05) is 40.5 Å². The molecular formula is C20H37N5O6S. The topological polar surface area (TPSA) is 194 Å². The molecule has 11 nitrogen and oxygen atoms in total. The summed E-state index contributed by atoms with van der Waals surface area (Å²) in [6.45, 7) is 7.18. The monoisotopic (exact) mass is 475 g/mol. The van der Waals surface area contributed by atoms with Gasteiger partial charge in [-0.05, 0) is 18.3 Å². The van der Waals surface area contributed by atoms with Crippen molar-refractivity contribution in [3.05, 3.63) is 0 Å². The number of carbonyl (C=O) groups is 5. The third-order valence-corrected chi connectivity index (χ3v) is 5.81. The van der Waals surface area contributed by atoms with Gasteiger partial charge in [0.05, 0.1) is 6.04 Å². The minimum Gasteiger partial charge on any atom is -0.480 e. The van der Waals surface area contributed by atoms with E-state index in [0.717, 1.165) is 0 Å². The van der Waals surface area contributed by atoms with Crippen LogP contribution in [-0.2, 0) is 24.0 Å². The van der Waals surface area contributed by atoms with Crippen LogP contribution < -0.4 is 27.4 Å². The first-order valence-corrected chi connectivity index (χ1v) is 11.3. The molecule has 32 heavy (non-hydrogen) atoms. The van der Waals surface area contributed by atoms with Crippen LogP contribution in [0.3, 0.4) is 0 Å². The lowest BCUT2D eigenvalue weighted by atomic mass is 9.94. The quantitative estimate of drug-likeness (QED) is 0.150. The van der Waals surface area contributed by atoms with Gasteiger partial charge in [0.1, 0.15) is 18.1 Å². The van der Waals surface area contributed by atoms with Crippen molar-refractivity contribution in [2.75, 3.05) is 5.75 Å². The SMILES string of the molecule is CCC(C)C(NC(=O)C(N)CS)C(=O)NC(C(=O)NC(CCC(N)=O)C(=O)O)C(C)CC. The van der Waals surface area contributed by atoms with E-state index in [4.69, 9.17) is 11.5 Å². The molecule has 0 aliphatic heterocycles. The number of rotatable bonds is 15. The van der Waals surface area contributed by atoms with Gasteiger partial charge in [-0.2, -0.15) is 12.6 Å². The molecule has 0 heterocycles. The fourth-order valence-corrected chi connectivity index (χ4v) is 2.96. The van der Waals surface area contributed by atoms with Crippen LogP contribution in [0, 0.1) is 11.8 Å². The van der Waals surface area contributed by atoms with Gasteiger partial charge in [0.25, 0.3) is 0 Å². The average molecular weight is 476 g/mol. The van der Waals surface area contributed by atoms with Crippen molar-refractivity contribution in [2.45, 2.75) is 77.5 Å². The van der Waals surface area contributed by atoms with Crippen molar-refractivity contribution in [3.63, 3.8) is 0 Å². The lowest BCUT2D eigenvalue weighted by Gasteiger charge is -2.30. The maximum atomic E-state index is 13.0. The molecule has 0 saturated heterocycles. The maximum Gasteiger partial charge on any atom is 0.326 e. The van der Waals surface area contributed by atoms with Crippen LogP contribution in [-0.4, -0.2) is 64.6 Å². The number of hydrogen-bond donors (Lipinski definition) is 7. The average Bonchev–Trinajstić information content (AvgIpc) is 2.75. The predicted molar refractivity (Wildman–Crippen MR) is 123 cm³/mol. The summed E-state index contributed by atoms with van der Waals surface area (Å²) in [6, 6.07) is -4.22. The molecular weight excluding hydrogens is 438 g/mol. The van der Waals surface area contributed by atoms with Crippen molar-refractivity contribution in [1.82, 2.24) is 16.0 Å². The number of thiol groups is 1. The number of amides is 4. The van der Waals surface area contributed by atoms with E-state index in [1.807, 2.05) is 13.8 Å². The third kappa shape index (κ3) is 9.86. The van der Waals surface area contributed by atoms with Crippen molar-refractivity contribution in [1.29, 1.82) is 0 Å². The van der Waals surface area contributed by atoms with E-state index < -0.39 is 53.8 Å². The highest BCUT2D eigenvalue weighted by molar-refractivity contribution is 7.80. The highest BCUT2D eigenvalue weighted by Gasteiger charge is 2.34. The first-order valence-electron chi connectivity index (χ1n) is 10.7. The normalized spacial score (nSPS) is 16.6. The van der Waals surface area contributed by atoms with Crippen molar-refractivity contribution in [3.8, 4) is 0 Å². The molecule has 184 valence electrons. The first-order chi connectivity index (χ1) is 14.9. The van der Waals surface area contributed by atoms with E-state index in [-0.39, 0.29) is 30.4 Å². The summed E-state index contributed by atoms with van der Waals surface area (Å²) in [7, 11) is 0. The third-order valence-electron chi connectivity index (χ3n) is 5.41. The summed E-state index contributed by atoms with van der Waals surface area (Å²) in [4.78, 5) is 60.5. The van der Waals surface area contributed by atoms with Gasteiger partial charge in [-0.15, -0.1) is 0 Å². The zero-order valence-electron chi connectivity index (χ0n) is 19.1. The molecule has 8 N–H and O–H groups in total. The minimum atomic E-state index is -1.34. The molecule has 12 heteroatoms. The zero-order valence-corrected chi connectivity index (χ0v) is 20.0. The standard InChI is InChI=1S/C20H37N5O6S/c1-5-10(3)15(18(28)23-13(20(30)31)7-8-14(22)26)25-19(29)16(11(4)6-2)24-17(27)12(21)9-32/h10-13,15-16,32H,5-9,21H2,1-4H3,(H2,22,26)(H,23,28)(H,24,27)(H,25,29)(H,30,31). The molecule has 6 unspecified atom stereocenters. The van der Waals surface area contributed by atoms with Crippen molar-refractivity contribution < 1.29 is 29.1 Å². The Bertz CT molecular complexity index is 677. The maximum absolute atomic E-state index is 13.0. The molecule has 0 rings (SSSR count). The van der Waals surface area contributed by atoms with Gasteiger partial charge >= 0.3 is 5.97 Å². The predicted octanol–water partition coefficient (Wildman–Crippen LogP) is -0.860. The highest BCUT2D eigenvalue weighted by Crippen LogP contribution is 2.13. The van der Waals surface area contributed by atoms with Crippen LogP contribution >= 0.6 is 12.6 Å². The number of carboxylic acid groups (broad SMARTS) is 1. The molecule has 4 amide bonds. The lowest BCUT2D eigenvalue weighted by molar-refractivity contribution is -0.143. The Morgan fingerprint density at radius 2 is 1.31 bits per heavy atom. The van der Waals surface area contributed by atoms with Crippen LogP contribution in [0.25, 0.3) is 0 Å². The summed E-state index contributed by atoms with van der Waals surface area (Å²) in [5, 5.41) is 17.0. The van der Waals surface area contributed by atoms with Crippen molar-refractivity contribution in [2.24, 2.45) is 23.3 Å².